The third-order valence-electron chi connectivity index (χ3n) is 2.82. The monoisotopic (exact) mass is 280 g/mol. The van der Waals surface area contributed by atoms with Crippen LogP contribution in [0.5, 0.6) is 0 Å². The van der Waals surface area contributed by atoms with Crippen LogP contribution in [-0.2, 0) is 4.79 Å². The molecular formula is C14H24N4O2. The number of rotatable bonds is 5. The van der Waals surface area contributed by atoms with Gasteiger partial charge in [-0.15, -0.1) is 0 Å². The summed E-state index contributed by atoms with van der Waals surface area (Å²) in [7, 11) is 1.61. The van der Waals surface area contributed by atoms with Crippen molar-refractivity contribution < 1.29 is 9.59 Å². The van der Waals surface area contributed by atoms with Gasteiger partial charge in [-0.3, -0.25) is 9.59 Å². The summed E-state index contributed by atoms with van der Waals surface area (Å²) < 4.78 is 1.81. The van der Waals surface area contributed by atoms with E-state index < -0.39 is 0 Å². The van der Waals surface area contributed by atoms with Crippen molar-refractivity contribution >= 4 is 17.5 Å². The lowest BCUT2D eigenvalue weighted by Gasteiger charge is -2.20. The van der Waals surface area contributed by atoms with Gasteiger partial charge in [0.1, 0.15) is 5.69 Å². The first-order valence-corrected chi connectivity index (χ1v) is 6.74. The van der Waals surface area contributed by atoms with Crippen molar-refractivity contribution in [1.29, 1.82) is 0 Å². The Bertz CT molecular complexity index is 491. The molecular weight excluding hydrogens is 256 g/mol. The van der Waals surface area contributed by atoms with Crippen LogP contribution in [-0.4, -0.2) is 40.9 Å². The summed E-state index contributed by atoms with van der Waals surface area (Å²) in [5.74, 6) is -0.388. The van der Waals surface area contributed by atoms with Gasteiger partial charge in [-0.1, -0.05) is 0 Å². The highest BCUT2D eigenvalue weighted by Gasteiger charge is 2.20. The number of nitrogen functional groups attached to an aromatic ring is 1. The molecule has 0 radical (unpaired) electrons. The number of carbonyl (C=O) groups excluding carboxylic acids is 2. The van der Waals surface area contributed by atoms with Crippen LogP contribution in [0.1, 0.15) is 44.2 Å². The summed E-state index contributed by atoms with van der Waals surface area (Å²) in [5, 5.41) is 2.76. The molecule has 0 aliphatic rings. The number of amides is 2. The molecule has 1 rings (SSSR count). The zero-order valence-electron chi connectivity index (χ0n) is 12.8. The van der Waals surface area contributed by atoms with Gasteiger partial charge in [0.05, 0.1) is 12.2 Å². The Morgan fingerprint density at radius 3 is 2.45 bits per heavy atom. The fourth-order valence-corrected chi connectivity index (χ4v) is 1.95. The van der Waals surface area contributed by atoms with Gasteiger partial charge in [0.2, 0.25) is 5.91 Å². The van der Waals surface area contributed by atoms with E-state index in [9.17, 15) is 9.59 Å². The van der Waals surface area contributed by atoms with Crippen LogP contribution < -0.4 is 11.1 Å². The fourth-order valence-electron chi connectivity index (χ4n) is 1.95. The van der Waals surface area contributed by atoms with E-state index in [1.807, 2.05) is 32.3 Å². The summed E-state index contributed by atoms with van der Waals surface area (Å²) in [6, 6.07) is 1.82. The van der Waals surface area contributed by atoms with Crippen LogP contribution in [0.4, 0.5) is 5.69 Å². The van der Waals surface area contributed by atoms with Crippen LogP contribution >= 0.6 is 0 Å². The van der Waals surface area contributed by atoms with Crippen LogP contribution in [0, 0.1) is 0 Å². The van der Waals surface area contributed by atoms with E-state index in [-0.39, 0.29) is 30.4 Å². The second-order valence-corrected chi connectivity index (χ2v) is 5.54. The van der Waals surface area contributed by atoms with Gasteiger partial charge >= 0.3 is 0 Å². The van der Waals surface area contributed by atoms with E-state index in [4.69, 9.17) is 5.73 Å². The SMILES string of the molecule is CC(C)NC(=O)CN(C)C(=O)c1cc(N)cn1C(C)C. The standard InChI is InChI=1S/C14H24N4O2/c1-9(2)16-13(19)8-17(5)14(20)12-6-11(15)7-18(12)10(3)4/h6-7,9-10H,8,15H2,1-5H3,(H,16,19). The molecule has 0 saturated heterocycles. The lowest BCUT2D eigenvalue weighted by Crippen LogP contribution is -2.41. The zero-order valence-corrected chi connectivity index (χ0v) is 12.8. The molecule has 0 atom stereocenters. The molecule has 0 fully saturated rings. The molecule has 0 aliphatic heterocycles. The molecule has 2 amide bonds. The highest BCUT2D eigenvalue weighted by molar-refractivity contribution is 5.96. The molecule has 0 unspecified atom stereocenters. The Morgan fingerprint density at radius 1 is 1.35 bits per heavy atom. The van der Waals surface area contributed by atoms with Crippen LogP contribution in [0.25, 0.3) is 0 Å². The third kappa shape index (κ3) is 4.01. The second kappa shape index (κ2) is 6.45. The predicted octanol–water partition coefficient (Wildman–Crippen LogP) is 1.25. The number of aromatic nitrogens is 1. The van der Waals surface area contributed by atoms with Gasteiger partial charge in [0.15, 0.2) is 0 Å². The maximum absolute atomic E-state index is 12.4. The maximum atomic E-state index is 12.4. The van der Waals surface area contributed by atoms with E-state index in [2.05, 4.69) is 5.32 Å². The van der Waals surface area contributed by atoms with Gasteiger partial charge in [0.25, 0.3) is 5.91 Å². The minimum Gasteiger partial charge on any atom is -0.397 e. The van der Waals surface area contributed by atoms with Crippen molar-refractivity contribution in [3.8, 4) is 0 Å². The number of hydrogen-bond donors (Lipinski definition) is 2. The van der Waals surface area contributed by atoms with E-state index in [1.54, 1.807) is 19.3 Å². The third-order valence-corrected chi connectivity index (χ3v) is 2.82. The van der Waals surface area contributed by atoms with Crippen molar-refractivity contribution in [1.82, 2.24) is 14.8 Å². The van der Waals surface area contributed by atoms with Crippen molar-refractivity contribution in [2.45, 2.75) is 39.8 Å². The number of anilines is 1. The molecule has 1 aromatic rings. The zero-order chi connectivity index (χ0) is 15.4. The van der Waals surface area contributed by atoms with Crippen LogP contribution in [0.3, 0.4) is 0 Å². The first-order valence-electron chi connectivity index (χ1n) is 6.74. The minimum absolute atomic E-state index is 0.0280. The molecule has 6 nitrogen and oxygen atoms in total. The summed E-state index contributed by atoms with van der Waals surface area (Å²) in [4.78, 5) is 25.5. The molecule has 0 saturated carbocycles. The lowest BCUT2D eigenvalue weighted by atomic mass is 10.3. The summed E-state index contributed by atoms with van der Waals surface area (Å²) in [5.41, 5.74) is 6.79. The average molecular weight is 280 g/mol. The topological polar surface area (TPSA) is 80.4 Å². The lowest BCUT2D eigenvalue weighted by molar-refractivity contribution is -0.122. The number of hydrogen-bond acceptors (Lipinski definition) is 3. The maximum Gasteiger partial charge on any atom is 0.270 e. The number of carbonyl (C=O) groups is 2. The Morgan fingerprint density at radius 2 is 1.95 bits per heavy atom. The second-order valence-electron chi connectivity index (χ2n) is 5.54. The number of nitrogens with two attached hydrogens (primary N) is 1. The quantitative estimate of drug-likeness (QED) is 0.851. The largest absolute Gasteiger partial charge is 0.397 e. The van der Waals surface area contributed by atoms with Gasteiger partial charge in [-0.25, -0.2) is 0 Å². The van der Waals surface area contributed by atoms with Gasteiger partial charge < -0.3 is 20.5 Å². The fraction of sp³-hybridized carbons (Fsp3) is 0.571. The molecule has 0 aliphatic carbocycles. The first kappa shape index (κ1) is 16.1. The summed E-state index contributed by atoms with van der Waals surface area (Å²) >= 11 is 0. The van der Waals surface area contributed by atoms with Crippen LogP contribution in [0.15, 0.2) is 12.3 Å². The van der Waals surface area contributed by atoms with Crippen molar-refractivity contribution in [3.63, 3.8) is 0 Å². The van der Waals surface area contributed by atoms with Crippen molar-refractivity contribution in [2.75, 3.05) is 19.3 Å². The summed E-state index contributed by atoms with van der Waals surface area (Å²) in [6.45, 7) is 7.73. The Labute approximate surface area is 119 Å². The van der Waals surface area contributed by atoms with Crippen molar-refractivity contribution in [2.24, 2.45) is 0 Å². The number of nitrogens with zero attached hydrogens (tertiary/aromatic N) is 2. The van der Waals surface area contributed by atoms with E-state index >= 15 is 0 Å². The predicted molar refractivity (Wildman–Crippen MR) is 79.5 cm³/mol. The Balaban J connectivity index is 2.82. The molecule has 1 aromatic heterocycles. The molecule has 112 valence electrons. The van der Waals surface area contributed by atoms with Gasteiger partial charge in [0, 0.05) is 25.3 Å². The van der Waals surface area contributed by atoms with Gasteiger partial charge in [-0.2, -0.15) is 0 Å². The molecule has 0 aromatic carbocycles. The van der Waals surface area contributed by atoms with Gasteiger partial charge in [-0.05, 0) is 33.8 Å². The number of nitrogens with one attached hydrogen (secondary N) is 1. The highest BCUT2D eigenvalue weighted by Crippen LogP contribution is 2.17. The molecule has 20 heavy (non-hydrogen) atoms. The smallest absolute Gasteiger partial charge is 0.270 e. The molecule has 0 spiro atoms. The minimum atomic E-state index is -0.214. The molecule has 3 N–H and O–H groups in total. The average Bonchev–Trinajstić information content (AvgIpc) is 2.69. The Kier molecular flexibility index (Phi) is 5.19. The summed E-state index contributed by atoms with van der Waals surface area (Å²) in [6.07, 6.45) is 1.74. The normalized spacial score (nSPS) is 10.9. The van der Waals surface area contributed by atoms with Crippen molar-refractivity contribution in [3.05, 3.63) is 18.0 Å². The highest BCUT2D eigenvalue weighted by atomic mass is 16.2. The molecule has 0 bridgehead atoms. The molecule has 6 heteroatoms. The van der Waals surface area contributed by atoms with E-state index in [1.165, 1.54) is 4.90 Å². The van der Waals surface area contributed by atoms with E-state index in [0.717, 1.165) is 0 Å². The first-order chi connectivity index (χ1) is 9.22. The molecule has 1 heterocycles. The number of likely N-dealkylation sites (N-methyl/N-ethyl adjacent to an activating group) is 1. The Hall–Kier alpha value is -1.98. The van der Waals surface area contributed by atoms with Crippen LogP contribution in [0.2, 0.25) is 0 Å². The van der Waals surface area contributed by atoms with E-state index in [0.29, 0.717) is 11.4 Å².